The summed E-state index contributed by atoms with van der Waals surface area (Å²) in [4.78, 5) is 27.8. The number of aromatic amines is 1. The first-order valence-corrected chi connectivity index (χ1v) is 10.8. The minimum atomic E-state index is -0.117. The minimum absolute atomic E-state index is 0.117. The Hall–Kier alpha value is -3.10. The Morgan fingerprint density at radius 1 is 1.07 bits per heavy atom. The second-order valence-corrected chi connectivity index (χ2v) is 8.24. The summed E-state index contributed by atoms with van der Waals surface area (Å²) >= 11 is 1.58. The molecule has 0 spiro atoms. The molecule has 4 aromatic heterocycles. The Labute approximate surface area is 178 Å². The summed E-state index contributed by atoms with van der Waals surface area (Å²) in [6, 6.07) is 7.43. The maximum Gasteiger partial charge on any atom is 0.252 e. The molecule has 0 bridgehead atoms. The lowest BCUT2D eigenvalue weighted by molar-refractivity contribution is 0.857. The summed E-state index contributed by atoms with van der Waals surface area (Å²) in [5.74, 6) is 1.23. The van der Waals surface area contributed by atoms with Crippen molar-refractivity contribution < 1.29 is 0 Å². The number of H-pyrrole nitrogens is 1. The van der Waals surface area contributed by atoms with E-state index in [9.17, 15) is 4.79 Å². The summed E-state index contributed by atoms with van der Waals surface area (Å²) in [5, 5.41) is 7.25. The summed E-state index contributed by atoms with van der Waals surface area (Å²) in [5.41, 5.74) is 3.58. The van der Waals surface area contributed by atoms with Crippen molar-refractivity contribution in [3.63, 3.8) is 0 Å². The van der Waals surface area contributed by atoms with Gasteiger partial charge in [-0.1, -0.05) is 6.07 Å². The molecule has 0 radical (unpaired) electrons. The first-order valence-electron chi connectivity index (χ1n) is 9.95. The smallest absolute Gasteiger partial charge is 0.252 e. The predicted molar refractivity (Wildman–Crippen MR) is 123 cm³/mol. The maximum atomic E-state index is 11.7. The molecule has 5 rings (SSSR count). The number of rotatable bonds is 3. The van der Waals surface area contributed by atoms with Crippen LogP contribution in [0.3, 0.4) is 0 Å². The van der Waals surface area contributed by atoms with Crippen molar-refractivity contribution in [3.05, 3.63) is 64.3 Å². The molecule has 154 valence electrons. The lowest BCUT2D eigenvalue weighted by Crippen LogP contribution is -2.10. The Bertz CT molecular complexity index is 1200. The van der Waals surface area contributed by atoms with E-state index < -0.39 is 0 Å². The number of hydrogen-bond acceptors (Lipinski definition) is 7. The van der Waals surface area contributed by atoms with Gasteiger partial charge in [0.25, 0.3) is 5.56 Å². The van der Waals surface area contributed by atoms with Gasteiger partial charge in [-0.15, -0.1) is 11.3 Å². The third-order valence-corrected chi connectivity index (χ3v) is 5.91. The van der Waals surface area contributed by atoms with Crippen molar-refractivity contribution in [3.8, 4) is 10.6 Å². The van der Waals surface area contributed by atoms with E-state index in [2.05, 4.69) is 25.6 Å². The molecule has 0 unspecified atom stereocenters. The van der Waals surface area contributed by atoms with Gasteiger partial charge in [0.05, 0.1) is 10.2 Å². The highest BCUT2D eigenvalue weighted by molar-refractivity contribution is 7.21. The van der Waals surface area contributed by atoms with E-state index in [0.717, 1.165) is 26.4 Å². The average molecular weight is 421 g/mol. The van der Waals surface area contributed by atoms with E-state index in [4.69, 9.17) is 4.98 Å². The van der Waals surface area contributed by atoms with Gasteiger partial charge in [0.2, 0.25) is 0 Å². The summed E-state index contributed by atoms with van der Waals surface area (Å²) in [6.07, 6.45) is 8.17. The highest BCUT2D eigenvalue weighted by atomic mass is 32.1. The lowest BCUT2D eigenvalue weighted by atomic mass is 10.2. The fraction of sp³-hybridized carbons (Fsp3) is 0.273. The third-order valence-electron chi connectivity index (χ3n) is 4.87. The molecule has 1 saturated heterocycles. The van der Waals surface area contributed by atoms with Crippen molar-refractivity contribution >= 4 is 33.2 Å². The van der Waals surface area contributed by atoms with Crippen molar-refractivity contribution in [2.45, 2.75) is 26.7 Å². The molecule has 0 aromatic carbocycles. The molecular formula is C22H24N6OS. The second kappa shape index (κ2) is 9.15. The van der Waals surface area contributed by atoms with Crippen LogP contribution in [0.4, 0.5) is 11.6 Å². The summed E-state index contributed by atoms with van der Waals surface area (Å²) < 4.78 is 1.00. The van der Waals surface area contributed by atoms with Crippen LogP contribution in [0, 0.1) is 13.8 Å². The van der Waals surface area contributed by atoms with E-state index in [0.29, 0.717) is 17.2 Å². The molecule has 3 N–H and O–H groups in total. The average Bonchev–Trinajstić information content (AvgIpc) is 3.44. The molecule has 7 nitrogen and oxygen atoms in total. The molecule has 1 aliphatic rings. The van der Waals surface area contributed by atoms with Gasteiger partial charge >= 0.3 is 0 Å². The number of anilines is 2. The molecule has 8 heteroatoms. The van der Waals surface area contributed by atoms with Crippen LogP contribution in [-0.4, -0.2) is 33.0 Å². The van der Waals surface area contributed by atoms with Crippen molar-refractivity contribution in [1.82, 2.24) is 25.3 Å². The van der Waals surface area contributed by atoms with Crippen molar-refractivity contribution in [2.24, 2.45) is 0 Å². The van der Waals surface area contributed by atoms with Gasteiger partial charge in [0, 0.05) is 35.8 Å². The Kier molecular flexibility index (Phi) is 6.15. The highest BCUT2D eigenvalue weighted by Gasteiger charge is 2.10. The zero-order valence-corrected chi connectivity index (χ0v) is 17.8. The van der Waals surface area contributed by atoms with Gasteiger partial charge in [-0.25, -0.2) is 9.97 Å². The molecule has 30 heavy (non-hydrogen) atoms. The third kappa shape index (κ3) is 4.72. The van der Waals surface area contributed by atoms with E-state index in [1.165, 1.54) is 25.9 Å². The zero-order chi connectivity index (χ0) is 20.9. The van der Waals surface area contributed by atoms with Gasteiger partial charge in [-0.3, -0.25) is 9.78 Å². The van der Waals surface area contributed by atoms with E-state index in [1.807, 2.05) is 31.3 Å². The highest BCUT2D eigenvalue weighted by Crippen LogP contribution is 2.32. The molecule has 0 atom stereocenters. The number of thiazole rings is 1. The molecule has 0 saturated carbocycles. The predicted octanol–water partition coefficient (Wildman–Crippen LogP) is 4.17. The lowest BCUT2D eigenvalue weighted by Gasteiger charge is -2.05. The Balaban J connectivity index is 0.000000383. The van der Waals surface area contributed by atoms with Crippen molar-refractivity contribution in [1.29, 1.82) is 0 Å². The molecular weight excluding hydrogens is 396 g/mol. The topological polar surface area (TPSA) is 95.6 Å². The minimum Gasteiger partial charge on any atom is -0.326 e. The van der Waals surface area contributed by atoms with E-state index in [1.54, 1.807) is 36.7 Å². The molecule has 0 amide bonds. The fourth-order valence-electron chi connectivity index (χ4n) is 3.09. The summed E-state index contributed by atoms with van der Waals surface area (Å²) in [7, 11) is 0. The monoisotopic (exact) mass is 420 g/mol. The van der Waals surface area contributed by atoms with Crippen LogP contribution in [0.2, 0.25) is 0 Å². The maximum absolute atomic E-state index is 11.7. The van der Waals surface area contributed by atoms with Crippen LogP contribution in [0.15, 0.2) is 47.7 Å². The largest absolute Gasteiger partial charge is 0.326 e. The number of aryl methyl sites for hydroxylation is 2. The fourth-order valence-corrected chi connectivity index (χ4v) is 4.08. The van der Waals surface area contributed by atoms with Crippen LogP contribution >= 0.6 is 11.3 Å². The SMILES string of the molecule is C1CCNC1.Cc1ccncc1-c1nc2cc(Nc3ccc(C)c(=O)[nH]3)ncc2s1. The number of pyridine rings is 3. The Morgan fingerprint density at radius 3 is 2.60 bits per heavy atom. The van der Waals surface area contributed by atoms with Crippen molar-refractivity contribution in [2.75, 3.05) is 18.4 Å². The van der Waals surface area contributed by atoms with Crippen LogP contribution in [0.1, 0.15) is 24.0 Å². The van der Waals surface area contributed by atoms with Crippen LogP contribution in [0.25, 0.3) is 20.8 Å². The molecule has 4 aromatic rings. The van der Waals surface area contributed by atoms with Gasteiger partial charge in [-0.05, 0) is 57.5 Å². The molecule has 1 aliphatic heterocycles. The van der Waals surface area contributed by atoms with Gasteiger partial charge in [-0.2, -0.15) is 0 Å². The van der Waals surface area contributed by atoms with Crippen LogP contribution < -0.4 is 16.2 Å². The zero-order valence-electron chi connectivity index (χ0n) is 17.0. The number of fused-ring (bicyclic) bond motifs is 1. The van der Waals surface area contributed by atoms with Gasteiger partial charge in [0.15, 0.2) is 0 Å². The van der Waals surface area contributed by atoms with E-state index in [-0.39, 0.29) is 5.56 Å². The second-order valence-electron chi connectivity index (χ2n) is 7.21. The molecule has 5 heterocycles. The first kappa shape index (κ1) is 20.2. The first-order chi connectivity index (χ1) is 14.6. The molecule has 0 aliphatic carbocycles. The normalized spacial score (nSPS) is 13.1. The van der Waals surface area contributed by atoms with Crippen LogP contribution in [0.5, 0.6) is 0 Å². The quantitative estimate of drug-likeness (QED) is 0.460. The van der Waals surface area contributed by atoms with Crippen LogP contribution in [-0.2, 0) is 0 Å². The number of nitrogens with one attached hydrogen (secondary N) is 3. The molecule has 1 fully saturated rings. The number of aromatic nitrogens is 4. The van der Waals surface area contributed by atoms with E-state index >= 15 is 0 Å². The summed E-state index contributed by atoms with van der Waals surface area (Å²) in [6.45, 7) is 6.31. The number of nitrogens with zero attached hydrogens (tertiary/aromatic N) is 3. The Morgan fingerprint density at radius 2 is 1.90 bits per heavy atom. The van der Waals surface area contributed by atoms with Gasteiger partial charge < -0.3 is 15.6 Å². The standard InChI is InChI=1S/C18H15N5OS.C4H9N/c1-10-5-6-19-8-12(10)18-21-13-7-16(20-9-14(13)25-18)22-15-4-3-11(2)17(24)23-15;1-2-4-5-3-1/h3-9H,1-2H3,(H2,20,22,23,24);5H,1-4H2. The van der Waals surface area contributed by atoms with Gasteiger partial charge in [0.1, 0.15) is 16.6 Å². The number of hydrogen-bond donors (Lipinski definition) is 3.